The van der Waals surface area contributed by atoms with Crippen molar-refractivity contribution in [2.24, 2.45) is 0 Å². The zero-order chi connectivity index (χ0) is 24.1. The number of anilines is 1. The van der Waals surface area contributed by atoms with Gasteiger partial charge in [0.05, 0.1) is 16.0 Å². The molecule has 0 atom stereocenters. The monoisotopic (exact) mass is 477 g/mol. The van der Waals surface area contributed by atoms with Crippen LogP contribution in [0.2, 0.25) is 0 Å². The van der Waals surface area contributed by atoms with Gasteiger partial charge in [-0.3, -0.25) is 9.59 Å². The number of sulfonamides is 1. The second kappa shape index (κ2) is 10.2. The highest BCUT2D eigenvalue weighted by molar-refractivity contribution is 7.89. The summed E-state index contributed by atoms with van der Waals surface area (Å²) >= 11 is 0. The standard InChI is InChI=1S/C26H27N3O4S/c1-28(19-20-9-3-2-4-10-20)26(31)24-12-6-5-11-23(24)25(30)27-21-13-15-22(16-14-21)34(32,33)29-17-7-8-18-29/h2-6,9-16H,7-8,17-19H2,1H3,(H,27,30). The fraction of sp³-hybridized carbons (Fsp3) is 0.231. The van der Waals surface area contributed by atoms with Crippen LogP contribution in [0.1, 0.15) is 39.1 Å². The molecule has 1 aliphatic rings. The van der Waals surface area contributed by atoms with Gasteiger partial charge in [-0.25, -0.2) is 8.42 Å². The van der Waals surface area contributed by atoms with E-state index < -0.39 is 15.9 Å². The van der Waals surface area contributed by atoms with Crippen LogP contribution >= 0.6 is 0 Å². The molecule has 2 amide bonds. The van der Waals surface area contributed by atoms with Crippen molar-refractivity contribution < 1.29 is 18.0 Å². The van der Waals surface area contributed by atoms with Gasteiger partial charge in [-0.2, -0.15) is 4.31 Å². The lowest BCUT2D eigenvalue weighted by atomic mass is 10.0. The number of carbonyl (C=O) groups excluding carboxylic acids is 2. The highest BCUT2D eigenvalue weighted by Gasteiger charge is 2.27. The average Bonchev–Trinajstić information content (AvgIpc) is 3.41. The van der Waals surface area contributed by atoms with Crippen LogP contribution in [0.3, 0.4) is 0 Å². The van der Waals surface area contributed by atoms with Crippen molar-refractivity contribution in [2.45, 2.75) is 24.3 Å². The molecule has 176 valence electrons. The maximum absolute atomic E-state index is 13.1. The van der Waals surface area contributed by atoms with Crippen LogP contribution in [-0.4, -0.2) is 49.6 Å². The van der Waals surface area contributed by atoms with Gasteiger partial charge < -0.3 is 10.2 Å². The van der Waals surface area contributed by atoms with Crippen molar-refractivity contribution in [3.63, 3.8) is 0 Å². The van der Waals surface area contributed by atoms with Crippen molar-refractivity contribution in [3.8, 4) is 0 Å². The Kier molecular flexibility index (Phi) is 7.09. The van der Waals surface area contributed by atoms with E-state index in [1.54, 1.807) is 48.3 Å². The third-order valence-corrected chi connectivity index (χ3v) is 7.74. The van der Waals surface area contributed by atoms with E-state index in [1.165, 1.54) is 16.4 Å². The van der Waals surface area contributed by atoms with Gasteiger partial charge >= 0.3 is 0 Å². The van der Waals surface area contributed by atoms with Crippen molar-refractivity contribution in [2.75, 3.05) is 25.5 Å². The topological polar surface area (TPSA) is 86.8 Å². The van der Waals surface area contributed by atoms with E-state index in [1.807, 2.05) is 30.3 Å². The van der Waals surface area contributed by atoms with Crippen LogP contribution in [0.25, 0.3) is 0 Å². The lowest BCUT2D eigenvalue weighted by Gasteiger charge is -2.19. The molecule has 0 radical (unpaired) electrons. The Balaban J connectivity index is 1.48. The van der Waals surface area contributed by atoms with E-state index in [-0.39, 0.29) is 16.4 Å². The fourth-order valence-corrected chi connectivity index (χ4v) is 5.51. The van der Waals surface area contributed by atoms with Crippen LogP contribution in [-0.2, 0) is 16.6 Å². The molecule has 1 N–H and O–H groups in total. The molecular formula is C26H27N3O4S. The summed E-state index contributed by atoms with van der Waals surface area (Å²) < 4.78 is 26.9. The first-order valence-corrected chi connectivity index (χ1v) is 12.6. The van der Waals surface area contributed by atoms with E-state index in [0.717, 1.165) is 18.4 Å². The minimum Gasteiger partial charge on any atom is -0.337 e. The Morgan fingerprint density at radius 1 is 0.853 bits per heavy atom. The Hall–Kier alpha value is -3.49. The van der Waals surface area contributed by atoms with Crippen LogP contribution in [0.4, 0.5) is 5.69 Å². The van der Waals surface area contributed by atoms with E-state index in [4.69, 9.17) is 0 Å². The molecule has 34 heavy (non-hydrogen) atoms. The van der Waals surface area contributed by atoms with Crippen LogP contribution in [0, 0.1) is 0 Å². The fourth-order valence-electron chi connectivity index (χ4n) is 3.99. The summed E-state index contributed by atoms with van der Waals surface area (Å²) in [4.78, 5) is 27.9. The molecule has 3 aromatic rings. The number of nitrogens with zero attached hydrogens (tertiary/aromatic N) is 2. The largest absolute Gasteiger partial charge is 0.337 e. The first-order valence-electron chi connectivity index (χ1n) is 11.2. The van der Waals surface area contributed by atoms with Crippen molar-refractivity contribution in [1.82, 2.24) is 9.21 Å². The van der Waals surface area contributed by atoms with Gasteiger partial charge in [0.2, 0.25) is 10.0 Å². The molecular weight excluding hydrogens is 450 g/mol. The predicted molar refractivity (Wildman–Crippen MR) is 131 cm³/mol. The number of hydrogen-bond acceptors (Lipinski definition) is 4. The summed E-state index contributed by atoms with van der Waals surface area (Å²) in [5, 5.41) is 2.77. The van der Waals surface area contributed by atoms with Gasteiger partial charge in [-0.1, -0.05) is 42.5 Å². The molecule has 1 fully saturated rings. The number of hydrogen-bond donors (Lipinski definition) is 1. The smallest absolute Gasteiger partial charge is 0.256 e. The molecule has 1 heterocycles. The Morgan fingerprint density at radius 3 is 2.09 bits per heavy atom. The van der Waals surface area contributed by atoms with Gasteiger partial charge in [0.25, 0.3) is 11.8 Å². The second-order valence-electron chi connectivity index (χ2n) is 8.28. The molecule has 0 unspecified atom stereocenters. The van der Waals surface area contributed by atoms with Crippen molar-refractivity contribution >= 4 is 27.5 Å². The van der Waals surface area contributed by atoms with E-state index in [9.17, 15) is 18.0 Å². The number of amides is 2. The number of benzene rings is 3. The summed E-state index contributed by atoms with van der Waals surface area (Å²) in [6.45, 7) is 1.48. The predicted octanol–water partition coefficient (Wildman–Crippen LogP) is 4.00. The number of carbonyl (C=O) groups is 2. The van der Waals surface area contributed by atoms with Gasteiger partial charge in [0.15, 0.2) is 0 Å². The SMILES string of the molecule is CN(Cc1ccccc1)C(=O)c1ccccc1C(=O)Nc1ccc(S(=O)(=O)N2CCCC2)cc1. The zero-order valence-electron chi connectivity index (χ0n) is 19.0. The van der Waals surface area contributed by atoms with Crippen LogP contribution in [0.5, 0.6) is 0 Å². The molecule has 1 saturated heterocycles. The third kappa shape index (κ3) is 5.18. The molecule has 0 bridgehead atoms. The Morgan fingerprint density at radius 2 is 1.44 bits per heavy atom. The first kappa shape index (κ1) is 23.7. The highest BCUT2D eigenvalue weighted by Crippen LogP contribution is 2.23. The molecule has 0 saturated carbocycles. The second-order valence-corrected chi connectivity index (χ2v) is 10.2. The third-order valence-electron chi connectivity index (χ3n) is 5.83. The van der Waals surface area contributed by atoms with Crippen molar-refractivity contribution in [1.29, 1.82) is 0 Å². The number of nitrogens with one attached hydrogen (secondary N) is 1. The van der Waals surface area contributed by atoms with E-state index >= 15 is 0 Å². The zero-order valence-corrected chi connectivity index (χ0v) is 19.8. The minimum absolute atomic E-state index is 0.200. The van der Waals surface area contributed by atoms with E-state index in [0.29, 0.717) is 30.9 Å². The lowest BCUT2D eigenvalue weighted by Crippen LogP contribution is -2.28. The molecule has 8 heteroatoms. The van der Waals surface area contributed by atoms with Gasteiger partial charge in [-0.05, 0) is 54.8 Å². The Labute approximate surface area is 200 Å². The molecule has 4 rings (SSSR count). The lowest BCUT2D eigenvalue weighted by molar-refractivity contribution is 0.0780. The van der Waals surface area contributed by atoms with Crippen LogP contribution < -0.4 is 5.32 Å². The highest BCUT2D eigenvalue weighted by atomic mass is 32.2. The summed E-state index contributed by atoms with van der Waals surface area (Å²) in [5.41, 5.74) is 1.99. The quantitative estimate of drug-likeness (QED) is 0.557. The molecule has 1 aliphatic heterocycles. The molecule has 3 aromatic carbocycles. The normalized spacial score (nSPS) is 14.0. The first-order chi connectivity index (χ1) is 16.4. The maximum Gasteiger partial charge on any atom is 0.256 e. The van der Waals surface area contributed by atoms with Crippen LogP contribution in [0.15, 0.2) is 83.8 Å². The van der Waals surface area contributed by atoms with Gasteiger partial charge in [0.1, 0.15) is 0 Å². The van der Waals surface area contributed by atoms with Gasteiger partial charge in [0, 0.05) is 32.4 Å². The molecule has 0 aromatic heterocycles. The minimum atomic E-state index is -3.52. The van der Waals surface area contributed by atoms with Gasteiger partial charge in [-0.15, -0.1) is 0 Å². The summed E-state index contributed by atoms with van der Waals surface area (Å²) in [7, 11) is -1.82. The summed E-state index contributed by atoms with van der Waals surface area (Å²) in [6, 6.07) is 22.4. The summed E-state index contributed by atoms with van der Waals surface area (Å²) in [5.74, 6) is -0.700. The molecule has 0 aliphatic carbocycles. The number of rotatable bonds is 7. The van der Waals surface area contributed by atoms with E-state index in [2.05, 4.69) is 5.32 Å². The Bertz CT molecular complexity index is 1270. The molecule has 7 nitrogen and oxygen atoms in total. The molecule has 0 spiro atoms. The summed E-state index contributed by atoms with van der Waals surface area (Å²) in [6.07, 6.45) is 1.73. The average molecular weight is 478 g/mol. The maximum atomic E-state index is 13.1. The van der Waals surface area contributed by atoms with Crippen molar-refractivity contribution in [3.05, 3.63) is 95.6 Å².